The summed E-state index contributed by atoms with van der Waals surface area (Å²) < 4.78 is 4.60. The zero-order chi connectivity index (χ0) is 13.1. The van der Waals surface area contributed by atoms with Crippen LogP contribution in [0, 0.1) is 5.92 Å². The molecule has 5 heteroatoms. The Balaban J connectivity index is 2.01. The highest BCUT2D eigenvalue weighted by atomic mass is 16.5. The fourth-order valence-electron chi connectivity index (χ4n) is 2.73. The highest BCUT2D eigenvalue weighted by molar-refractivity contribution is 5.86. The van der Waals surface area contributed by atoms with Crippen LogP contribution < -0.4 is 5.32 Å². The van der Waals surface area contributed by atoms with Crippen molar-refractivity contribution >= 4 is 12.0 Å². The van der Waals surface area contributed by atoms with Crippen LogP contribution in [0.25, 0.3) is 0 Å². The topological polar surface area (TPSA) is 58.6 Å². The van der Waals surface area contributed by atoms with Gasteiger partial charge in [-0.25, -0.2) is 4.79 Å². The predicted molar refractivity (Wildman–Crippen MR) is 67.1 cm³/mol. The average molecular weight is 254 g/mol. The van der Waals surface area contributed by atoms with Crippen LogP contribution in [0.4, 0.5) is 4.79 Å². The maximum Gasteiger partial charge on any atom is 0.407 e. The second-order valence-electron chi connectivity index (χ2n) is 5.19. The number of rotatable bonds is 4. The van der Waals surface area contributed by atoms with E-state index in [0.717, 1.165) is 38.6 Å². The minimum absolute atomic E-state index is 0.0762. The van der Waals surface area contributed by atoms with Crippen LogP contribution in [0.5, 0.6) is 0 Å². The molecule has 0 spiro atoms. The van der Waals surface area contributed by atoms with Crippen LogP contribution in [0.15, 0.2) is 0 Å². The predicted octanol–water partition coefficient (Wildman–Crippen LogP) is 1.52. The van der Waals surface area contributed by atoms with E-state index in [-0.39, 0.29) is 11.9 Å². The summed E-state index contributed by atoms with van der Waals surface area (Å²) in [6.45, 7) is 2.93. The van der Waals surface area contributed by atoms with Crippen molar-refractivity contribution in [2.75, 3.05) is 13.7 Å². The Morgan fingerprint density at radius 2 is 2.11 bits per heavy atom. The first kappa shape index (κ1) is 13.2. The number of methoxy groups -OCH3 is 1. The Morgan fingerprint density at radius 1 is 1.39 bits per heavy atom. The molecular weight excluding hydrogens is 232 g/mol. The van der Waals surface area contributed by atoms with Gasteiger partial charge in [-0.2, -0.15) is 0 Å². The number of nitrogens with one attached hydrogen (secondary N) is 1. The van der Waals surface area contributed by atoms with E-state index in [1.165, 1.54) is 7.11 Å². The molecule has 0 radical (unpaired) electrons. The Labute approximate surface area is 108 Å². The standard InChI is InChI=1S/C13H22N2O3/c1-3-10-5-4-8-15(10)12(16)11(9-6-7-9)14-13(17)18-2/h9-11H,3-8H2,1-2H3,(H,14,17)/t10-,11?/m1/s1. The van der Waals surface area contributed by atoms with Crippen LogP contribution in [0.1, 0.15) is 39.0 Å². The van der Waals surface area contributed by atoms with Crippen LogP contribution in [0.2, 0.25) is 0 Å². The second-order valence-corrected chi connectivity index (χ2v) is 5.19. The third kappa shape index (κ3) is 2.76. The first-order valence-corrected chi connectivity index (χ1v) is 6.82. The number of ether oxygens (including phenoxy) is 1. The summed E-state index contributed by atoms with van der Waals surface area (Å²) in [5.74, 6) is 0.377. The third-order valence-electron chi connectivity index (χ3n) is 3.95. The molecule has 2 rings (SSSR count). The third-order valence-corrected chi connectivity index (χ3v) is 3.95. The van der Waals surface area contributed by atoms with Crippen molar-refractivity contribution in [2.45, 2.75) is 51.1 Å². The number of nitrogens with zero attached hydrogens (tertiary/aromatic N) is 1. The molecule has 1 saturated carbocycles. The van der Waals surface area contributed by atoms with E-state index >= 15 is 0 Å². The smallest absolute Gasteiger partial charge is 0.407 e. The van der Waals surface area contributed by atoms with Crippen LogP contribution in [-0.4, -0.2) is 42.6 Å². The summed E-state index contributed by atoms with van der Waals surface area (Å²) in [4.78, 5) is 25.8. The number of hydrogen-bond acceptors (Lipinski definition) is 3. The highest BCUT2D eigenvalue weighted by Gasteiger charge is 2.41. The van der Waals surface area contributed by atoms with Crippen molar-refractivity contribution in [3.8, 4) is 0 Å². The van der Waals surface area contributed by atoms with Gasteiger partial charge >= 0.3 is 6.09 Å². The van der Waals surface area contributed by atoms with E-state index in [9.17, 15) is 9.59 Å². The molecule has 102 valence electrons. The zero-order valence-corrected chi connectivity index (χ0v) is 11.1. The first-order chi connectivity index (χ1) is 8.67. The average Bonchev–Trinajstić information content (AvgIpc) is 3.11. The Bertz CT molecular complexity index is 328. The van der Waals surface area contributed by atoms with Gasteiger partial charge in [-0.05, 0) is 38.0 Å². The number of amides is 2. The van der Waals surface area contributed by atoms with Gasteiger partial charge in [0.05, 0.1) is 7.11 Å². The molecule has 2 fully saturated rings. The molecule has 5 nitrogen and oxygen atoms in total. The van der Waals surface area contributed by atoms with Gasteiger partial charge < -0.3 is 15.0 Å². The summed E-state index contributed by atoms with van der Waals surface area (Å²) in [5, 5.41) is 2.70. The van der Waals surface area contributed by atoms with E-state index < -0.39 is 6.09 Å². The molecule has 1 saturated heterocycles. The molecule has 1 heterocycles. The number of likely N-dealkylation sites (tertiary alicyclic amines) is 1. The molecule has 18 heavy (non-hydrogen) atoms. The molecule has 2 amide bonds. The number of hydrogen-bond donors (Lipinski definition) is 1. The SMILES string of the molecule is CC[C@@H]1CCCN1C(=O)C(NC(=O)OC)C1CC1. The molecule has 1 aliphatic heterocycles. The Kier molecular flexibility index (Phi) is 4.09. The summed E-state index contributed by atoms with van der Waals surface area (Å²) in [6, 6.07) is -0.0391. The normalized spacial score (nSPS) is 24.8. The minimum Gasteiger partial charge on any atom is -0.453 e. The molecule has 1 unspecified atom stereocenters. The minimum atomic E-state index is -0.507. The Morgan fingerprint density at radius 3 is 2.67 bits per heavy atom. The molecular formula is C13H22N2O3. The van der Waals surface area contributed by atoms with Crippen molar-refractivity contribution in [2.24, 2.45) is 5.92 Å². The second kappa shape index (κ2) is 5.59. The van der Waals surface area contributed by atoms with E-state index in [0.29, 0.717) is 12.0 Å². The quantitative estimate of drug-likeness (QED) is 0.827. The van der Waals surface area contributed by atoms with Gasteiger partial charge in [-0.1, -0.05) is 6.92 Å². The molecule has 0 aromatic heterocycles. The lowest BCUT2D eigenvalue weighted by Gasteiger charge is -2.28. The molecule has 2 atom stereocenters. The van der Waals surface area contributed by atoms with Gasteiger partial charge in [0, 0.05) is 12.6 Å². The van der Waals surface area contributed by atoms with Gasteiger partial charge in [-0.3, -0.25) is 4.79 Å². The van der Waals surface area contributed by atoms with Crippen LogP contribution in [0.3, 0.4) is 0 Å². The largest absolute Gasteiger partial charge is 0.453 e. The highest BCUT2D eigenvalue weighted by Crippen LogP contribution is 2.34. The maximum absolute atomic E-state index is 12.5. The monoisotopic (exact) mass is 254 g/mol. The van der Waals surface area contributed by atoms with E-state index in [1.54, 1.807) is 0 Å². The van der Waals surface area contributed by atoms with Gasteiger partial charge in [0.1, 0.15) is 6.04 Å². The number of carbonyl (C=O) groups is 2. The zero-order valence-electron chi connectivity index (χ0n) is 11.1. The van der Waals surface area contributed by atoms with E-state index in [2.05, 4.69) is 17.0 Å². The summed E-state index contributed by atoms with van der Waals surface area (Å²) in [7, 11) is 1.33. The van der Waals surface area contributed by atoms with Crippen molar-refractivity contribution in [3.63, 3.8) is 0 Å². The lowest BCUT2D eigenvalue weighted by Crippen LogP contribution is -2.51. The summed E-state index contributed by atoms with van der Waals surface area (Å²) in [5.41, 5.74) is 0. The fourth-order valence-corrected chi connectivity index (χ4v) is 2.73. The van der Waals surface area contributed by atoms with Crippen molar-refractivity contribution in [1.29, 1.82) is 0 Å². The fraction of sp³-hybridized carbons (Fsp3) is 0.846. The molecule has 1 aliphatic carbocycles. The van der Waals surface area contributed by atoms with Crippen molar-refractivity contribution in [3.05, 3.63) is 0 Å². The lowest BCUT2D eigenvalue weighted by atomic mass is 10.1. The molecule has 0 aromatic rings. The van der Waals surface area contributed by atoms with Gasteiger partial charge in [-0.15, -0.1) is 0 Å². The summed E-state index contributed by atoms with van der Waals surface area (Å²) in [6.07, 6.45) is 4.67. The van der Waals surface area contributed by atoms with Crippen LogP contribution in [-0.2, 0) is 9.53 Å². The molecule has 1 N–H and O–H groups in total. The lowest BCUT2D eigenvalue weighted by molar-refractivity contribution is -0.134. The van der Waals surface area contributed by atoms with Gasteiger partial charge in [0.2, 0.25) is 5.91 Å². The molecule has 0 aromatic carbocycles. The molecule has 0 bridgehead atoms. The Hall–Kier alpha value is -1.26. The number of alkyl carbamates (subject to hydrolysis) is 1. The van der Waals surface area contributed by atoms with Gasteiger partial charge in [0.25, 0.3) is 0 Å². The van der Waals surface area contributed by atoms with Crippen molar-refractivity contribution < 1.29 is 14.3 Å². The van der Waals surface area contributed by atoms with E-state index in [4.69, 9.17) is 0 Å². The maximum atomic E-state index is 12.5. The molecule has 2 aliphatic rings. The summed E-state index contributed by atoms with van der Waals surface area (Å²) >= 11 is 0. The van der Waals surface area contributed by atoms with E-state index in [1.807, 2.05) is 4.90 Å². The number of carbonyl (C=O) groups excluding carboxylic acids is 2. The van der Waals surface area contributed by atoms with Crippen LogP contribution >= 0.6 is 0 Å². The van der Waals surface area contributed by atoms with Crippen molar-refractivity contribution in [1.82, 2.24) is 10.2 Å². The van der Waals surface area contributed by atoms with Gasteiger partial charge in [0.15, 0.2) is 0 Å². The first-order valence-electron chi connectivity index (χ1n) is 6.82.